The number of likely N-dealkylation sites (tertiary alicyclic amines) is 1. The Hall–Kier alpha value is -2.66. The molecule has 1 aliphatic rings. The Morgan fingerprint density at radius 2 is 2.04 bits per heavy atom. The molecule has 0 radical (unpaired) electrons. The topological polar surface area (TPSA) is 65.8 Å². The van der Waals surface area contributed by atoms with E-state index >= 15 is 0 Å². The van der Waals surface area contributed by atoms with Crippen molar-refractivity contribution in [3.05, 3.63) is 70.7 Å². The lowest BCUT2D eigenvalue weighted by molar-refractivity contribution is -0.123. The molecule has 146 valence electrons. The lowest BCUT2D eigenvalue weighted by Crippen LogP contribution is -2.43. The zero-order valence-corrected chi connectivity index (χ0v) is 16.9. The lowest BCUT2D eigenvalue weighted by atomic mass is 9.93. The molecule has 0 spiro atoms. The quantitative estimate of drug-likeness (QED) is 0.438. The molecule has 1 saturated heterocycles. The van der Waals surface area contributed by atoms with Crippen LogP contribution >= 0.6 is 11.6 Å². The van der Waals surface area contributed by atoms with E-state index in [1.807, 2.05) is 43.3 Å². The molecule has 1 aliphatic heterocycles. The van der Waals surface area contributed by atoms with Crippen LogP contribution in [-0.4, -0.2) is 33.3 Å². The van der Waals surface area contributed by atoms with Crippen LogP contribution in [0.4, 0.5) is 0 Å². The third-order valence-corrected chi connectivity index (χ3v) is 5.02. The summed E-state index contributed by atoms with van der Waals surface area (Å²) >= 11 is 5.94. The first-order valence-corrected chi connectivity index (χ1v) is 9.84. The summed E-state index contributed by atoms with van der Waals surface area (Å²) in [5.41, 5.74) is 1.88. The molecule has 1 unspecified atom stereocenters. The Morgan fingerprint density at radius 1 is 1.29 bits per heavy atom. The molecule has 28 heavy (non-hydrogen) atoms. The minimum Gasteiger partial charge on any atom is -0.512 e. The highest BCUT2D eigenvalue weighted by Crippen LogP contribution is 2.35. The fourth-order valence-corrected chi connectivity index (χ4v) is 3.70. The highest BCUT2D eigenvalue weighted by atomic mass is 35.5. The fraction of sp³-hybridized carbons (Fsp3) is 0.318. The normalized spacial score (nSPS) is 19.5. The number of pyridine rings is 1. The van der Waals surface area contributed by atoms with E-state index in [1.54, 1.807) is 24.1 Å². The predicted octanol–water partition coefficient (Wildman–Crippen LogP) is 5.20. The molecular formula is C22H24ClN3O2. The number of benzene rings is 1. The number of aromatic nitrogens is 1. The molecule has 0 aliphatic carbocycles. The van der Waals surface area contributed by atoms with Crippen LogP contribution in [0.5, 0.6) is 0 Å². The maximum atomic E-state index is 13.7. The van der Waals surface area contributed by atoms with Crippen LogP contribution in [-0.2, 0) is 4.79 Å². The molecule has 1 atom stereocenters. The van der Waals surface area contributed by atoms with Crippen molar-refractivity contribution in [3.8, 4) is 0 Å². The Bertz CT molecular complexity index is 888. The number of hydrogen-bond donors (Lipinski definition) is 1. The zero-order valence-electron chi connectivity index (χ0n) is 16.1. The van der Waals surface area contributed by atoms with E-state index in [-0.39, 0.29) is 17.7 Å². The van der Waals surface area contributed by atoms with Crippen molar-refractivity contribution in [3.63, 3.8) is 0 Å². The van der Waals surface area contributed by atoms with Crippen LogP contribution in [0.25, 0.3) is 5.57 Å². The molecule has 3 rings (SSSR count). The predicted molar refractivity (Wildman–Crippen MR) is 112 cm³/mol. The summed E-state index contributed by atoms with van der Waals surface area (Å²) in [7, 11) is 0. The average molecular weight is 398 g/mol. The van der Waals surface area contributed by atoms with Crippen LogP contribution in [0, 0.1) is 0 Å². The van der Waals surface area contributed by atoms with Crippen molar-refractivity contribution < 1.29 is 9.90 Å². The van der Waals surface area contributed by atoms with Gasteiger partial charge in [-0.2, -0.15) is 0 Å². The van der Waals surface area contributed by atoms with Crippen molar-refractivity contribution in [1.29, 1.82) is 0 Å². The summed E-state index contributed by atoms with van der Waals surface area (Å²) in [4.78, 5) is 24.1. The molecule has 2 heterocycles. The van der Waals surface area contributed by atoms with E-state index < -0.39 is 0 Å². The van der Waals surface area contributed by atoms with Crippen molar-refractivity contribution in [2.75, 3.05) is 6.54 Å². The SMILES string of the molecule is CCN=C1CCCC(c2ccc(Cl)nc2)N1C(=O)/C(=C(\C)O)c1ccccc1. The Morgan fingerprint density at radius 3 is 2.64 bits per heavy atom. The number of amides is 1. The third kappa shape index (κ3) is 4.25. The second kappa shape index (κ2) is 9.02. The number of aliphatic imine (C=N–C) groups is 1. The van der Waals surface area contributed by atoms with Crippen molar-refractivity contribution in [1.82, 2.24) is 9.88 Å². The molecule has 0 bridgehead atoms. The molecule has 5 nitrogen and oxygen atoms in total. The summed E-state index contributed by atoms with van der Waals surface area (Å²) in [5, 5.41) is 10.8. The van der Waals surface area contributed by atoms with Gasteiger partial charge < -0.3 is 5.11 Å². The van der Waals surface area contributed by atoms with E-state index in [0.29, 0.717) is 22.8 Å². The van der Waals surface area contributed by atoms with Crippen LogP contribution in [0.3, 0.4) is 0 Å². The highest BCUT2D eigenvalue weighted by Gasteiger charge is 2.35. The standard InChI is InChI=1S/C22H24ClN3O2/c1-3-24-20-11-7-10-18(17-12-13-19(23)25-14-17)26(20)22(28)21(15(2)27)16-8-5-4-6-9-16/h4-6,8-9,12-14,18,27H,3,7,10-11H2,1-2H3/b21-15+,24-20?. The number of carbonyl (C=O) groups excluding carboxylic acids is 1. The van der Waals surface area contributed by atoms with Gasteiger partial charge in [-0.3, -0.25) is 14.7 Å². The molecule has 0 saturated carbocycles. The van der Waals surface area contributed by atoms with Gasteiger partial charge in [-0.25, -0.2) is 4.98 Å². The lowest BCUT2D eigenvalue weighted by Gasteiger charge is -2.37. The average Bonchev–Trinajstić information content (AvgIpc) is 2.69. The Balaban J connectivity index is 2.08. The maximum absolute atomic E-state index is 13.7. The molecule has 1 aromatic carbocycles. The minimum absolute atomic E-state index is 0.00870. The first-order chi connectivity index (χ1) is 13.5. The molecular weight excluding hydrogens is 374 g/mol. The minimum atomic E-state index is -0.252. The van der Waals surface area contributed by atoms with Crippen molar-refractivity contribution in [2.24, 2.45) is 4.99 Å². The van der Waals surface area contributed by atoms with Gasteiger partial charge in [0.05, 0.1) is 11.6 Å². The van der Waals surface area contributed by atoms with Crippen LogP contribution < -0.4 is 0 Å². The number of carbonyl (C=O) groups is 1. The number of allylic oxidation sites excluding steroid dienone is 1. The number of hydrogen-bond acceptors (Lipinski definition) is 4. The molecule has 2 aromatic rings. The Kier molecular flexibility index (Phi) is 6.47. The van der Waals surface area contributed by atoms with E-state index in [2.05, 4.69) is 9.98 Å². The van der Waals surface area contributed by atoms with Gasteiger partial charge >= 0.3 is 0 Å². The van der Waals surface area contributed by atoms with Gasteiger partial charge in [-0.15, -0.1) is 0 Å². The summed E-state index contributed by atoms with van der Waals surface area (Å²) < 4.78 is 0. The number of rotatable bonds is 4. The number of nitrogens with zero attached hydrogens (tertiary/aromatic N) is 3. The van der Waals surface area contributed by atoms with Crippen LogP contribution in [0.1, 0.15) is 50.3 Å². The van der Waals surface area contributed by atoms with Gasteiger partial charge in [0.15, 0.2) is 0 Å². The van der Waals surface area contributed by atoms with Crippen LogP contribution in [0.15, 0.2) is 59.4 Å². The summed E-state index contributed by atoms with van der Waals surface area (Å²) in [6.07, 6.45) is 4.16. The van der Waals surface area contributed by atoms with Gasteiger partial charge in [0, 0.05) is 19.2 Å². The highest BCUT2D eigenvalue weighted by molar-refractivity contribution is 6.29. The molecule has 1 fully saturated rings. The monoisotopic (exact) mass is 397 g/mol. The van der Waals surface area contributed by atoms with Gasteiger partial charge in [0.1, 0.15) is 16.7 Å². The number of aliphatic hydroxyl groups excluding tert-OH is 1. The van der Waals surface area contributed by atoms with Gasteiger partial charge in [-0.05, 0) is 43.9 Å². The smallest absolute Gasteiger partial charge is 0.263 e. The second-order valence-electron chi connectivity index (χ2n) is 6.71. The first-order valence-electron chi connectivity index (χ1n) is 9.46. The van der Waals surface area contributed by atoms with Gasteiger partial charge in [-0.1, -0.05) is 48.0 Å². The molecule has 1 amide bonds. The molecule has 1 aromatic heterocycles. The van der Waals surface area contributed by atoms with Crippen LogP contribution in [0.2, 0.25) is 5.15 Å². The maximum Gasteiger partial charge on any atom is 0.263 e. The third-order valence-electron chi connectivity index (χ3n) is 4.80. The largest absolute Gasteiger partial charge is 0.512 e. The fourth-order valence-electron chi connectivity index (χ4n) is 3.59. The van der Waals surface area contributed by atoms with Gasteiger partial charge in [0.25, 0.3) is 5.91 Å². The second-order valence-corrected chi connectivity index (χ2v) is 7.10. The summed E-state index contributed by atoms with van der Waals surface area (Å²) in [6.45, 7) is 4.08. The number of amidine groups is 1. The van der Waals surface area contributed by atoms with E-state index in [1.165, 1.54) is 0 Å². The number of aliphatic hydroxyl groups is 1. The van der Waals surface area contributed by atoms with E-state index in [4.69, 9.17) is 11.6 Å². The molecule has 1 N–H and O–H groups in total. The first kappa shape index (κ1) is 20.1. The van der Waals surface area contributed by atoms with Gasteiger partial charge in [0.2, 0.25) is 0 Å². The van der Waals surface area contributed by atoms with E-state index in [0.717, 1.165) is 30.7 Å². The van der Waals surface area contributed by atoms with Crippen molar-refractivity contribution >= 4 is 28.9 Å². The molecule has 6 heteroatoms. The Labute approximate surface area is 170 Å². The number of halogens is 1. The summed E-state index contributed by atoms with van der Waals surface area (Å²) in [5.74, 6) is 0.483. The zero-order chi connectivity index (χ0) is 20.1. The summed E-state index contributed by atoms with van der Waals surface area (Å²) in [6, 6.07) is 12.7. The van der Waals surface area contributed by atoms with E-state index in [9.17, 15) is 9.90 Å². The van der Waals surface area contributed by atoms with Crippen molar-refractivity contribution in [2.45, 2.75) is 39.2 Å². The number of piperidine rings is 1.